The molecule has 1 heterocycles. The quantitative estimate of drug-likeness (QED) is 0.566. The van der Waals surface area contributed by atoms with Crippen LogP contribution < -0.4 is 11.3 Å². The first-order valence-electron chi connectivity index (χ1n) is 6.56. The van der Waals surface area contributed by atoms with Gasteiger partial charge in [0.15, 0.2) is 0 Å². The highest BCUT2D eigenvalue weighted by molar-refractivity contribution is 7.17. The molecule has 21 heavy (non-hydrogen) atoms. The molecule has 0 saturated carbocycles. The van der Waals surface area contributed by atoms with Crippen molar-refractivity contribution in [1.82, 2.24) is 5.43 Å². The van der Waals surface area contributed by atoms with Crippen LogP contribution in [-0.4, -0.2) is 0 Å². The molecule has 3 rings (SSSR count). The number of hydrogen-bond acceptors (Lipinski definition) is 3. The van der Waals surface area contributed by atoms with Crippen molar-refractivity contribution in [3.8, 4) is 0 Å². The van der Waals surface area contributed by atoms with E-state index >= 15 is 0 Å². The van der Waals surface area contributed by atoms with Gasteiger partial charge >= 0.3 is 0 Å². The number of benzene rings is 2. The summed E-state index contributed by atoms with van der Waals surface area (Å²) >= 11 is 1.59. The minimum absolute atomic E-state index is 0.0500. The van der Waals surface area contributed by atoms with Gasteiger partial charge in [0.25, 0.3) is 0 Å². The number of fused-ring (bicyclic) bond motifs is 1. The molecule has 0 saturated heterocycles. The zero-order chi connectivity index (χ0) is 14.8. The standard InChI is InChI=1S/C16H14F2N2S/c17-13-5-2-6-14(18)12(13)9-15(20-19)11-4-1-3-10-7-8-21-16(10)11/h1-8,15,20H,9,19H2. The molecule has 1 aromatic heterocycles. The fourth-order valence-electron chi connectivity index (χ4n) is 2.48. The summed E-state index contributed by atoms with van der Waals surface area (Å²) in [6, 6.07) is 11.4. The van der Waals surface area contributed by atoms with Crippen LogP contribution in [0.1, 0.15) is 17.2 Å². The molecule has 108 valence electrons. The number of nitrogens with two attached hydrogens (primary N) is 1. The lowest BCUT2D eigenvalue weighted by Crippen LogP contribution is -2.30. The minimum atomic E-state index is -0.548. The Kier molecular flexibility index (Phi) is 3.96. The largest absolute Gasteiger partial charge is 0.271 e. The van der Waals surface area contributed by atoms with Crippen LogP contribution in [0.5, 0.6) is 0 Å². The predicted molar refractivity (Wildman–Crippen MR) is 82.0 cm³/mol. The fraction of sp³-hybridized carbons (Fsp3) is 0.125. The highest BCUT2D eigenvalue weighted by Gasteiger charge is 2.18. The van der Waals surface area contributed by atoms with E-state index in [0.29, 0.717) is 0 Å². The maximum atomic E-state index is 13.8. The molecule has 1 atom stereocenters. The molecule has 1 unspecified atom stereocenters. The first-order valence-corrected chi connectivity index (χ1v) is 7.44. The van der Waals surface area contributed by atoms with Gasteiger partial charge in [-0.3, -0.25) is 11.3 Å². The van der Waals surface area contributed by atoms with Crippen molar-refractivity contribution in [3.63, 3.8) is 0 Å². The molecular weight excluding hydrogens is 290 g/mol. The number of rotatable bonds is 4. The number of thiophene rings is 1. The van der Waals surface area contributed by atoms with Gasteiger partial charge in [-0.2, -0.15) is 0 Å². The van der Waals surface area contributed by atoms with Gasteiger partial charge in [-0.05, 0) is 40.9 Å². The van der Waals surface area contributed by atoms with Crippen molar-refractivity contribution in [2.45, 2.75) is 12.5 Å². The molecule has 0 amide bonds. The Morgan fingerprint density at radius 3 is 2.48 bits per heavy atom. The summed E-state index contributed by atoms with van der Waals surface area (Å²) in [6.07, 6.45) is 0.159. The highest BCUT2D eigenvalue weighted by atomic mass is 32.1. The van der Waals surface area contributed by atoms with Crippen molar-refractivity contribution in [2.75, 3.05) is 0 Å². The van der Waals surface area contributed by atoms with Crippen molar-refractivity contribution in [2.24, 2.45) is 5.84 Å². The van der Waals surface area contributed by atoms with Crippen molar-refractivity contribution < 1.29 is 8.78 Å². The maximum Gasteiger partial charge on any atom is 0.129 e. The molecule has 2 aromatic carbocycles. The number of nitrogens with one attached hydrogen (secondary N) is 1. The Bertz CT molecular complexity index is 750. The van der Waals surface area contributed by atoms with Gasteiger partial charge in [0.1, 0.15) is 11.6 Å². The van der Waals surface area contributed by atoms with E-state index in [9.17, 15) is 8.78 Å². The van der Waals surface area contributed by atoms with Crippen LogP contribution in [0.4, 0.5) is 8.78 Å². The fourth-order valence-corrected chi connectivity index (χ4v) is 3.45. The lowest BCUT2D eigenvalue weighted by Gasteiger charge is -2.18. The molecule has 0 aliphatic heterocycles. The highest BCUT2D eigenvalue weighted by Crippen LogP contribution is 2.31. The summed E-state index contributed by atoms with van der Waals surface area (Å²) in [5, 5.41) is 3.09. The summed E-state index contributed by atoms with van der Waals surface area (Å²) < 4.78 is 28.7. The monoisotopic (exact) mass is 304 g/mol. The topological polar surface area (TPSA) is 38.0 Å². The summed E-state index contributed by atoms with van der Waals surface area (Å²) in [6.45, 7) is 0. The normalized spacial score (nSPS) is 12.7. The van der Waals surface area contributed by atoms with E-state index in [2.05, 4.69) is 5.43 Å². The van der Waals surface area contributed by atoms with Crippen LogP contribution in [0.25, 0.3) is 10.1 Å². The third-order valence-corrected chi connectivity index (χ3v) is 4.54. The number of halogens is 2. The third-order valence-electron chi connectivity index (χ3n) is 3.56. The minimum Gasteiger partial charge on any atom is -0.271 e. The van der Waals surface area contributed by atoms with Crippen LogP contribution in [-0.2, 0) is 6.42 Å². The Hall–Kier alpha value is -1.82. The smallest absolute Gasteiger partial charge is 0.129 e. The zero-order valence-electron chi connectivity index (χ0n) is 11.1. The van der Waals surface area contributed by atoms with Gasteiger partial charge < -0.3 is 0 Å². The van der Waals surface area contributed by atoms with Gasteiger partial charge in [0, 0.05) is 10.3 Å². The average Bonchev–Trinajstić information content (AvgIpc) is 2.96. The molecule has 5 heteroatoms. The van der Waals surface area contributed by atoms with Gasteiger partial charge in [-0.25, -0.2) is 8.78 Å². The number of hydrazine groups is 1. The Morgan fingerprint density at radius 2 is 1.76 bits per heavy atom. The van der Waals surface area contributed by atoms with E-state index in [1.807, 2.05) is 29.6 Å². The van der Waals surface area contributed by atoms with Gasteiger partial charge in [0.05, 0.1) is 6.04 Å². The third kappa shape index (κ3) is 2.68. The Labute approximate surface area is 125 Å². The summed E-state index contributed by atoms with van der Waals surface area (Å²) in [7, 11) is 0. The summed E-state index contributed by atoms with van der Waals surface area (Å²) in [5.74, 6) is 4.53. The lowest BCUT2D eigenvalue weighted by atomic mass is 9.98. The number of hydrogen-bond donors (Lipinski definition) is 2. The van der Waals surface area contributed by atoms with E-state index in [0.717, 1.165) is 15.6 Å². The van der Waals surface area contributed by atoms with Crippen LogP contribution in [0, 0.1) is 11.6 Å². The summed E-state index contributed by atoms with van der Waals surface area (Å²) in [5.41, 5.74) is 3.68. The second-order valence-electron chi connectivity index (χ2n) is 4.81. The molecule has 0 spiro atoms. The molecule has 3 N–H and O–H groups in total. The zero-order valence-corrected chi connectivity index (χ0v) is 12.0. The molecule has 0 bridgehead atoms. The van der Waals surface area contributed by atoms with Crippen molar-refractivity contribution in [3.05, 3.63) is 70.6 Å². The van der Waals surface area contributed by atoms with Gasteiger partial charge in [-0.1, -0.05) is 24.3 Å². The molecule has 2 nitrogen and oxygen atoms in total. The SMILES string of the molecule is NNC(Cc1c(F)cccc1F)c1cccc2ccsc12. The molecular formula is C16H14F2N2S. The molecule has 0 fully saturated rings. The van der Waals surface area contributed by atoms with E-state index in [1.165, 1.54) is 18.2 Å². The summed E-state index contributed by atoms with van der Waals surface area (Å²) in [4.78, 5) is 0. The molecule has 0 aliphatic rings. The van der Waals surface area contributed by atoms with Crippen LogP contribution >= 0.6 is 11.3 Å². The first-order chi connectivity index (χ1) is 10.2. The van der Waals surface area contributed by atoms with Crippen LogP contribution in [0.2, 0.25) is 0 Å². The average molecular weight is 304 g/mol. The second kappa shape index (κ2) is 5.89. The van der Waals surface area contributed by atoms with Crippen LogP contribution in [0.15, 0.2) is 47.8 Å². The Morgan fingerprint density at radius 1 is 1.05 bits per heavy atom. The van der Waals surface area contributed by atoms with Crippen LogP contribution in [0.3, 0.4) is 0 Å². The van der Waals surface area contributed by atoms with Crippen molar-refractivity contribution >= 4 is 21.4 Å². The van der Waals surface area contributed by atoms with E-state index < -0.39 is 11.6 Å². The Balaban J connectivity index is 2.01. The maximum absolute atomic E-state index is 13.8. The van der Waals surface area contributed by atoms with E-state index in [-0.39, 0.29) is 18.0 Å². The predicted octanol–water partition coefficient (Wildman–Crippen LogP) is 3.93. The van der Waals surface area contributed by atoms with Crippen molar-refractivity contribution in [1.29, 1.82) is 0 Å². The van der Waals surface area contributed by atoms with Gasteiger partial charge in [0.2, 0.25) is 0 Å². The molecule has 0 aliphatic carbocycles. The first kappa shape index (κ1) is 14.1. The van der Waals surface area contributed by atoms with Gasteiger partial charge in [-0.15, -0.1) is 11.3 Å². The van der Waals surface area contributed by atoms with E-state index in [1.54, 1.807) is 11.3 Å². The molecule has 3 aromatic rings. The second-order valence-corrected chi connectivity index (χ2v) is 5.73. The lowest BCUT2D eigenvalue weighted by molar-refractivity contribution is 0.502. The van der Waals surface area contributed by atoms with E-state index in [4.69, 9.17) is 5.84 Å². The molecule has 0 radical (unpaired) electrons.